The molecule has 0 spiro atoms. The van der Waals surface area contributed by atoms with Crippen molar-refractivity contribution in [2.75, 3.05) is 7.11 Å². The van der Waals surface area contributed by atoms with Crippen LogP contribution >= 0.6 is 0 Å². The number of hydrogen-bond donors (Lipinski definition) is 1. The molecule has 1 unspecified atom stereocenters. The number of nitrogens with zero attached hydrogens (tertiary/aromatic N) is 3. The van der Waals surface area contributed by atoms with E-state index in [4.69, 9.17) is 4.74 Å². The van der Waals surface area contributed by atoms with Gasteiger partial charge in [0.2, 0.25) is 0 Å². The average molecular weight is 310 g/mol. The maximum atomic E-state index is 5.42. The van der Waals surface area contributed by atoms with Gasteiger partial charge in [-0.25, -0.2) is 0 Å². The Labute approximate surface area is 136 Å². The lowest BCUT2D eigenvalue weighted by molar-refractivity contribution is 0.408. The number of pyridine rings is 1. The van der Waals surface area contributed by atoms with E-state index in [1.54, 1.807) is 7.11 Å². The fourth-order valence-electron chi connectivity index (χ4n) is 2.98. The third-order valence-corrected chi connectivity index (χ3v) is 4.06. The highest BCUT2D eigenvalue weighted by Gasteiger charge is 2.13. The minimum atomic E-state index is 0.107. The molecule has 0 saturated carbocycles. The van der Waals surface area contributed by atoms with Gasteiger partial charge in [0.1, 0.15) is 5.75 Å². The highest BCUT2D eigenvalue weighted by Crippen LogP contribution is 2.24. The van der Waals surface area contributed by atoms with E-state index in [1.807, 2.05) is 28.8 Å². The van der Waals surface area contributed by atoms with Gasteiger partial charge in [-0.05, 0) is 49.6 Å². The van der Waals surface area contributed by atoms with E-state index < -0.39 is 0 Å². The van der Waals surface area contributed by atoms with Crippen LogP contribution in [0.15, 0.2) is 36.5 Å². The van der Waals surface area contributed by atoms with E-state index in [0.717, 1.165) is 34.9 Å². The molecule has 3 rings (SSSR count). The molecule has 0 radical (unpaired) electrons. The molecule has 0 saturated heterocycles. The van der Waals surface area contributed by atoms with Gasteiger partial charge in [-0.15, -0.1) is 10.2 Å². The second-order valence-corrected chi connectivity index (χ2v) is 5.85. The highest BCUT2D eigenvalue weighted by atomic mass is 16.5. The first kappa shape index (κ1) is 15.5. The van der Waals surface area contributed by atoms with E-state index in [2.05, 4.69) is 48.4 Å². The summed E-state index contributed by atoms with van der Waals surface area (Å²) < 4.78 is 7.44. The van der Waals surface area contributed by atoms with Gasteiger partial charge in [-0.2, -0.15) is 0 Å². The summed E-state index contributed by atoms with van der Waals surface area (Å²) in [5.74, 6) is 1.88. The maximum absolute atomic E-state index is 5.42. The van der Waals surface area contributed by atoms with Crippen LogP contribution in [-0.4, -0.2) is 21.7 Å². The lowest BCUT2D eigenvalue weighted by Crippen LogP contribution is -2.20. The number of nitrogens with one attached hydrogen (secondary N) is 1. The molecule has 2 heterocycles. The summed E-state index contributed by atoms with van der Waals surface area (Å²) in [6.07, 6.45) is 1.99. The SMILES string of the molecule is COc1c(C)cc(CNC(C)c2nnc3ccccn23)cc1C. The lowest BCUT2D eigenvalue weighted by Gasteiger charge is -2.15. The van der Waals surface area contributed by atoms with Gasteiger partial charge in [-0.1, -0.05) is 18.2 Å². The number of hydrogen-bond acceptors (Lipinski definition) is 4. The summed E-state index contributed by atoms with van der Waals surface area (Å²) >= 11 is 0. The van der Waals surface area contributed by atoms with Crippen LogP contribution in [0.3, 0.4) is 0 Å². The number of benzene rings is 1. The fraction of sp³-hybridized carbons (Fsp3) is 0.333. The summed E-state index contributed by atoms with van der Waals surface area (Å²) in [4.78, 5) is 0. The van der Waals surface area contributed by atoms with E-state index in [1.165, 1.54) is 5.56 Å². The predicted molar refractivity (Wildman–Crippen MR) is 90.7 cm³/mol. The molecule has 1 atom stereocenters. The number of ether oxygens (including phenoxy) is 1. The molecule has 1 N–H and O–H groups in total. The Morgan fingerprint density at radius 3 is 2.61 bits per heavy atom. The molecule has 0 amide bonds. The van der Waals surface area contributed by atoms with Crippen molar-refractivity contribution < 1.29 is 4.74 Å². The molecule has 0 aliphatic rings. The number of fused-ring (bicyclic) bond motifs is 1. The van der Waals surface area contributed by atoms with Crippen molar-refractivity contribution in [3.05, 3.63) is 59.0 Å². The first-order valence-corrected chi connectivity index (χ1v) is 7.77. The first-order valence-electron chi connectivity index (χ1n) is 7.77. The van der Waals surface area contributed by atoms with Gasteiger partial charge in [0.25, 0.3) is 0 Å². The van der Waals surface area contributed by atoms with E-state index in [9.17, 15) is 0 Å². The van der Waals surface area contributed by atoms with Gasteiger partial charge < -0.3 is 10.1 Å². The summed E-state index contributed by atoms with van der Waals surface area (Å²) in [5, 5.41) is 12.0. The smallest absolute Gasteiger partial charge is 0.160 e. The van der Waals surface area contributed by atoms with Crippen LogP contribution in [0, 0.1) is 13.8 Å². The Hall–Kier alpha value is -2.40. The Balaban J connectivity index is 1.75. The third kappa shape index (κ3) is 3.05. The molecule has 0 fully saturated rings. The predicted octanol–water partition coefficient (Wildman–Crippen LogP) is 3.21. The van der Waals surface area contributed by atoms with Crippen LogP contribution < -0.4 is 10.1 Å². The summed E-state index contributed by atoms with van der Waals surface area (Å²) in [7, 11) is 1.71. The van der Waals surface area contributed by atoms with E-state index >= 15 is 0 Å². The van der Waals surface area contributed by atoms with Crippen LogP contribution in [0.25, 0.3) is 5.65 Å². The third-order valence-electron chi connectivity index (χ3n) is 4.06. The van der Waals surface area contributed by atoms with Crippen molar-refractivity contribution in [1.82, 2.24) is 19.9 Å². The fourth-order valence-corrected chi connectivity index (χ4v) is 2.98. The van der Waals surface area contributed by atoms with Crippen molar-refractivity contribution >= 4 is 5.65 Å². The molecule has 0 aliphatic carbocycles. The zero-order valence-electron chi connectivity index (χ0n) is 14.0. The second-order valence-electron chi connectivity index (χ2n) is 5.85. The van der Waals surface area contributed by atoms with Crippen LogP contribution in [-0.2, 0) is 6.54 Å². The van der Waals surface area contributed by atoms with E-state index in [0.29, 0.717) is 0 Å². The number of methoxy groups -OCH3 is 1. The molecule has 2 aromatic heterocycles. The summed E-state index contributed by atoms with van der Waals surface area (Å²) in [6, 6.07) is 10.3. The highest BCUT2D eigenvalue weighted by molar-refractivity contribution is 5.43. The standard InChI is InChI=1S/C18H22N4O/c1-12-9-15(10-13(2)17(12)23-4)11-19-14(3)18-21-20-16-7-5-6-8-22(16)18/h5-10,14,19H,11H2,1-4H3. The van der Waals surface area contributed by atoms with Crippen molar-refractivity contribution in [2.24, 2.45) is 0 Å². The topological polar surface area (TPSA) is 51.5 Å². The zero-order valence-corrected chi connectivity index (χ0v) is 14.0. The molecule has 0 aliphatic heterocycles. The van der Waals surface area contributed by atoms with Crippen molar-refractivity contribution in [1.29, 1.82) is 0 Å². The zero-order chi connectivity index (χ0) is 16.4. The second kappa shape index (κ2) is 6.38. The van der Waals surface area contributed by atoms with Crippen LogP contribution in [0.5, 0.6) is 5.75 Å². The van der Waals surface area contributed by atoms with Crippen LogP contribution in [0.4, 0.5) is 0 Å². The van der Waals surface area contributed by atoms with E-state index in [-0.39, 0.29) is 6.04 Å². The summed E-state index contributed by atoms with van der Waals surface area (Å²) in [5.41, 5.74) is 4.42. The Morgan fingerprint density at radius 2 is 1.91 bits per heavy atom. The molecule has 120 valence electrons. The molecule has 0 bridgehead atoms. The van der Waals surface area contributed by atoms with Crippen molar-refractivity contribution in [2.45, 2.75) is 33.4 Å². The van der Waals surface area contributed by atoms with Crippen molar-refractivity contribution in [3.63, 3.8) is 0 Å². The summed E-state index contributed by atoms with van der Waals surface area (Å²) in [6.45, 7) is 7.02. The average Bonchev–Trinajstić information content (AvgIpc) is 2.96. The van der Waals surface area contributed by atoms with Crippen molar-refractivity contribution in [3.8, 4) is 5.75 Å². The largest absolute Gasteiger partial charge is 0.496 e. The number of rotatable bonds is 5. The van der Waals surface area contributed by atoms with Gasteiger partial charge in [-0.3, -0.25) is 4.40 Å². The monoisotopic (exact) mass is 310 g/mol. The Morgan fingerprint density at radius 1 is 1.17 bits per heavy atom. The number of aromatic nitrogens is 3. The van der Waals surface area contributed by atoms with Crippen LogP contribution in [0.2, 0.25) is 0 Å². The first-order chi connectivity index (χ1) is 11.1. The Bertz CT molecular complexity index is 802. The lowest BCUT2D eigenvalue weighted by atomic mass is 10.1. The van der Waals surface area contributed by atoms with Gasteiger partial charge in [0.15, 0.2) is 11.5 Å². The van der Waals surface area contributed by atoms with Crippen LogP contribution in [0.1, 0.15) is 35.5 Å². The Kier molecular flexibility index (Phi) is 4.30. The molecule has 1 aromatic carbocycles. The number of aryl methyl sites for hydroxylation is 2. The quantitative estimate of drug-likeness (QED) is 0.786. The van der Waals surface area contributed by atoms with Gasteiger partial charge in [0, 0.05) is 12.7 Å². The molecule has 5 heteroatoms. The van der Waals surface area contributed by atoms with Gasteiger partial charge >= 0.3 is 0 Å². The minimum absolute atomic E-state index is 0.107. The molecule has 3 aromatic rings. The molecular weight excluding hydrogens is 288 g/mol. The molecule has 5 nitrogen and oxygen atoms in total. The normalized spacial score (nSPS) is 12.5. The minimum Gasteiger partial charge on any atom is -0.496 e. The van der Waals surface area contributed by atoms with Gasteiger partial charge in [0.05, 0.1) is 13.2 Å². The molecular formula is C18H22N4O. The molecule has 23 heavy (non-hydrogen) atoms. The maximum Gasteiger partial charge on any atom is 0.160 e.